The Labute approximate surface area is 170 Å². The number of hydrogen-bond acceptors (Lipinski definition) is 3. The van der Waals surface area contributed by atoms with E-state index in [2.05, 4.69) is 29.6 Å². The number of ether oxygens (including phenoxy) is 1. The zero-order chi connectivity index (χ0) is 20.2. The minimum absolute atomic E-state index is 0.0345. The molecule has 0 aromatic heterocycles. The Morgan fingerprint density at radius 1 is 1.03 bits per heavy atom. The summed E-state index contributed by atoms with van der Waals surface area (Å²) in [7, 11) is 0. The Morgan fingerprint density at radius 2 is 1.76 bits per heavy atom. The van der Waals surface area contributed by atoms with Crippen molar-refractivity contribution >= 4 is 11.7 Å². The monoisotopic (exact) mass is 385 g/mol. The third kappa shape index (κ3) is 4.46. The molecule has 0 bridgehead atoms. The lowest BCUT2D eigenvalue weighted by Crippen LogP contribution is -2.28. The van der Waals surface area contributed by atoms with Gasteiger partial charge >= 0.3 is 0 Å². The normalized spacial score (nSPS) is 14.7. The molecule has 1 unspecified atom stereocenters. The predicted octanol–water partition coefficient (Wildman–Crippen LogP) is 3.65. The van der Waals surface area contributed by atoms with Crippen LogP contribution in [0, 0.1) is 5.41 Å². The third-order valence-corrected chi connectivity index (χ3v) is 5.08. The van der Waals surface area contributed by atoms with Crippen molar-refractivity contribution in [2.24, 2.45) is 5.73 Å². The van der Waals surface area contributed by atoms with Crippen LogP contribution in [0.5, 0.6) is 5.75 Å². The molecule has 1 aliphatic rings. The Morgan fingerprint density at radius 3 is 2.48 bits per heavy atom. The molecule has 0 saturated heterocycles. The zero-order valence-electron chi connectivity index (χ0n) is 16.0. The summed E-state index contributed by atoms with van der Waals surface area (Å²) < 4.78 is 5.86. The average Bonchev–Trinajstić information content (AvgIpc) is 3.14. The number of hydrogen-bond donors (Lipinski definition) is 3. The maximum Gasteiger partial charge on any atom is 0.224 e. The number of carbonyl (C=O) groups is 1. The van der Waals surface area contributed by atoms with E-state index in [0.29, 0.717) is 24.9 Å². The van der Waals surface area contributed by atoms with Gasteiger partial charge in [-0.1, -0.05) is 54.6 Å². The molecule has 4 N–H and O–H groups in total. The van der Waals surface area contributed by atoms with E-state index in [4.69, 9.17) is 15.9 Å². The van der Waals surface area contributed by atoms with E-state index in [0.717, 1.165) is 22.4 Å². The van der Waals surface area contributed by atoms with Crippen molar-refractivity contribution in [3.05, 3.63) is 89.5 Å². The Hall–Kier alpha value is -3.60. The molecule has 0 fully saturated rings. The van der Waals surface area contributed by atoms with Crippen LogP contribution in [0.25, 0.3) is 11.1 Å². The van der Waals surface area contributed by atoms with E-state index in [1.807, 2.05) is 42.5 Å². The molecule has 0 saturated carbocycles. The molecule has 5 heteroatoms. The maximum absolute atomic E-state index is 12.3. The number of amidine groups is 1. The van der Waals surface area contributed by atoms with E-state index in [-0.39, 0.29) is 17.8 Å². The van der Waals surface area contributed by atoms with Gasteiger partial charge in [0.25, 0.3) is 0 Å². The summed E-state index contributed by atoms with van der Waals surface area (Å²) in [5, 5.41) is 10.5. The van der Waals surface area contributed by atoms with Crippen LogP contribution in [-0.2, 0) is 17.8 Å². The molecule has 1 aliphatic heterocycles. The zero-order valence-corrected chi connectivity index (χ0v) is 16.0. The van der Waals surface area contributed by atoms with Gasteiger partial charge in [-0.25, -0.2) is 0 Å². The summed E-state index contributed by atoms with van der Waals surface area (Å²) in [6.07, 6.45) is 0.759. The molecule has 1 amide bonds. The highest BCUT2D eigenvalue weighted by molar-refractivity contribution is 5.95. The number of rotatable bonds is 6. The van der Waals surface area contributed by atoms with Gasteiger partial charge in [0.2, 0.25) is 5.91 Å². The van der Waals surface area contributed by atoms with Gasteiger partial charge in [-0.05, 0) is 40.5 Å². The van der Waals surface area contributed by atoms with E-state index < -0.39 is 0 Å². The first kappa shape index (κ1) is 18.7. The van der Waals surface area contributed by atoms with Crippen molar-refractivity contribution in [2.45, 2.75) is 25.5 Å². The number of carbonyl (C=O) groups excluding carboxylic acids is 1. The van der Waals surface area contributed by atoms with E-state index in [1.165, 1.54) is 5.56 Å². The minimum Gasteiger partial charge on any atom is -0.489 e. The molecular weight excluding hydrogens is 362 g/mol. The molecule has 0 radical (unpaired) electrons. The van der Waals surface area contributed by atoms with Crippen LogP contribution in [0.1, 0.15) is 23.1 Å². The van der Waals surface area contributed by atoms with Gasteiger partial charge in [0.05, 0.1) is 6.42 Å². The van der Waals surface area contributed by atoms with Crippen molar-refractivity contribution in [2.75, 3.05) is 0 Å². The van der Waals surface area contributed by atoms with Gasteiger partial charge < -0.3 is 15.8 Å². The second kappa shape index (κ2) is 8.19. The first-order valence-electron chi connectivity index (χ1n) is 9.63. The highest BCUT2D eigenvalue weighted by atomic mass is 16.5. The van der Waals surface area contributed by atoms with Crippen molar-refractivity contribution in [3.63, 3.8) is 0 Å². The van der Waals surface area contributed by atoms with Gasteiger partial charge in [-0.15, -0.1) is 0 Å². The summed E-state index contributed by atoms with van der Waals surface area (Å²) in [4.78, 5) is 12.3. The number of benzene rings is 3. The molecule has 3 aromatic carbocycles. The Bertz CT molecular complexity index is 1030. The Kier molecular flexibility index (Phi) is 5.29. The van der Waals surface area contributed by atoms with E-state index in [1.54, 1.807) is 6.07 Å². The number of nitrogen functional groups attached to an aromatic ring is 1. The highest BCUT2D eigenvalue weighted by Gasteiger charge is 2.25. The molecule has 3 aromatic rings. The summed E-state index contributed by atoms with van der Waals surface area (Å²) in [6.45, 7) is 0.488. The van der Waals surface area contributed by atoms with Gasteiger partial charge in [0.1, 0.15) is 17.7 Å². The van der Waals surface area contributed by atoms with Crippen molar-refractivity contribution < 1.29 is 9.53 Å². The van der Waals surface area contributed by atoms with Crippen molar-refractivity contribution in [1.29, 1.82) is 5.41 Å². The lowest BCUT2D eigenvalue weighted by molar-refractivity contribution is -0.122. The van der Waals surface area contributed by atoms with Crippen molar-refractivity contribution in [3.8, 4) is 16.9 Å². The predicted molar refractivity (Wildman–Crippen MR) is 114 cm³/mol. The highest BCUT2D eigenvalue weighted by Crippen LogP contribution is 2.30. The van der Waals surface area contributed by atoms with Crippen LogP contribution in [0.2, 0.25) is 0 Å². The SMILES string of the molecule is N=C(N)c1ccc2c(c1)CC(CC(=O)NCc1ccc(-c3ccccc3)cc1)O2. The first-order valence-corrected chi connectivity index (χ1v) is 9.63. The fourth-order valence-corrected chi connectivity index (χ4v) is 3.53. The molecule has 5 nitrogen and oxygen atoms in total. The summed E-state index contributed by atoms with van der Waals surface area (Å²) in [5.74, 6) is 0.762. The summed E-state index contributed by atoms with van der Waals surface area (Å²) >= 11 is 0. The van der Waals surface area contributed by atoms with E-state index in [9.17, 15) is 4.79 Å². The number of amides is 1. The summed E-state index contributed by atoms with van der Waals surface area (Å²) in [5.41, 5.74) is 10.6. The van der Waals surface area contributed by atoms with Gasteiger partial charge in [0, 0.05) is 18.5 Å². The second-order valence-corrected chi connectivity index (χ2v) is 7.22. The molecule has 4 rings (SSSR count). The lowest BCUT2D eigenvalue weighted by Gasteiger charge is -2.11. The summed E-state index contributed by atoms with van der Waals surface area (Å²) in [6, 6.07) is 23.9. The minimum atomic E-state index is -0.187. The Balaban J connectivity index is 1.29. The smallest absolute Gasteiger partial charge is 0.224 e. The maximum atomic E-state index is 12.3. The fourth-order valence-electron chi connectivity index (χ4n) is 3.53. The fraction of sp³-hybridized carbons (Fsp3) is 0.167. The van der Waals surface area contributed by atoms with Crippen LogP contribution in [0.15, 0.2) is 72.8 Å². The van der Waals surface area contributed by atoms with E-state index >= 15 is 0 Å². The molecular formula is C24H23N3O2. The topological polar surface area (TPSA) is 88.2 Å². The standard InChI is InChI=1S/C24H23N3O2/c25-24(26)19-10-11-22-20(12-19)13-21(29-22)14-23(28)27-15-16-6-8-18(9-7-16)17-4-2-1-3-5-17/h1-12,21H,13-15H2,(H3,25,26)(H,27,28). The van der Waals surface area contributed by atoms with Gasteiger partial charge in [-0.3, -0.25) is 10.2 Å². The molecule has 1 heterocycles. The molecule has 146 valence electrons. The number of nitrogens with one attached hydrogen (secondary N) is 2. The second-order valence-electron chi connectivity index (χ2n) is 7.22. The quantitative estimate of drug-likeness (QED) is 0.447. The molecule has 1 atom stereocenters. The van der Waals surface area contributed by atoms with Crippen LogP contribution in [-0.4, -0.2) is 17.8 Å². The van der Waals surface area contributed by atoms with Crippen molar-refractivity contribution in [1.82, 2.24) is 5.32 Å². The largest absolute Gasteiger partial charge is 0.489 e. The molecule has 29 heavy (non-hydrogen) atoms. The van der Waals surface area contributed by atoms with Crippen LogP contribution < -0.4 is 15.8 Å². The van der Waals surface area contributed by atoms with Gasteiger partial charge in [-0.2, -0.15) is 0 Å². The van der Waals surface area contributed by atoms with Crippen LogP contribution in [0.3, 0.4) is 0 Å². The third-order valence-electron chi connectivity index (χ3n) is 5.08. The van der Waals surface area contributed by atoms with Gasteiger partial charge in [0.15, 0.2) is 0 Å². The van der Waals surface area contributed by atoms with Crippen LogP contribution >= 0.6 is 0 Å². The first-order chi connectivity index (χ1) is 14.1. The average molecular weight is 385 g/mol. The number of nitrogens with two attached hydrogens (primary N) is 1. The van der Waals surface area contributed by atoms with Crippen LogP contribution in [0.4, 0.5) is 0 Å². The molecule has 0 spiro atoms. The number of fused-ring (bicyclic) bond motifs is 1. The molecule has 0 aliphatic carbocycles. The lowest BCUT2D eigenvalue weighted by atomic mass is 10.0.